The molecule has 0 aliphatic carbocycles. The summed E-state index contributed by atoms with van der Waals surface area (Å²) in [5, 5.41) is 0. The Balaban J connectivity index is 1.87. The van der Waals surface area contributed by atoms with E-state index in [-0.39, 0.29) is 17.9 Å². The number of methoxy groups -OCH3 is 1. The first-order valence-electron chi connectivity index (χ1n) is 8.36. The van der Waals surface area contributed by atoms with Crippen molar-refractivity contribution in [1.82, 2.24) is 4.90 Å². The fraction of sp³-hybridized carbons (Fsp3) is 0.350. The molecule has 0 saturated carbocycles. The van der Waals surface area contributed by atoms with Crippen LogP contribution in [-0.4, -0.2) is 38.1 Å². The molecule has 0 aliphatic rings. The molecule has 0 spiro atoms. The maximum atomic E-state index is 12.6. The van der Waals surface area contributed by atoms with Crippen molar-refractivity contribution in [3.63, 3.8) is 0 Å². The van der Waals surface area contributed by atoms with Gasteiger partial charge in [0.2, 0.25) is 5.91 Å². The topological polar surface area (TPSA) is 64.8 Å². The number of carbonyl (C=O) groups excluding carboxylic acids is 1. The van der Waals surface area contributed by atoms with Crippen LogP contribution in [0.3, 0.4) is 0 Å². The Labute approximate surface area is 149 Å². The molecule has 5 heteroatoms. The summed E-state index contributed by atoms with van der Waals surface area (Å²) in [6.45, 7) is 2.72. The van der Waals surface area contributed by atoms with Crippen LogP contribution in [0.15, 0.2) is 54.6 Å². The number of carbonyl (C=O) groups is 1. The summed E-state index contributed by atoms with van der Waals surface area (Å²) in [5.41, 5.74) is 7.20. The van der Waals surface area contributed by atoms with Crippen LogP contribution in [0.1, 0.15) is 18.5 Å². The van der Waals surface area contributed by atoms with Gasteiger partial charge in [-0.15, -0.1) is 0 Å². The number of rotatable bonds is 8. The highest BCUT2D eigenvalue weighted by Crippen LogP contribution is 2.25. The van der Waals surface area contributed by atoms with Crippen LogP contribution in [0, 0.1) is 5.92 Å². The molecule has 0 radical (unpaired) electrons. The standard InChI is InChI=1S/C20H26N2O3/c1-15(19(21)16-9-5-4-6-10-16)20(23)22(2)13-14-25-18-12-8-7-11-17(18)24-3/h4-12,15,19H,13-14,21H2,1-3H3. The number of likely N-dealkylation sites (N-methyl/N-ethyl adjacent to an activating group) is 1. The molecular formula is C20H26N2O3. The normalized spacial score (nSPS) is 13.0. The van der Waals surface area contributed by atoms with E-state index in [1.807, 2.05) is 61.5 Å². The number of nitrogens with two attached hydrogens (primary N) is 1. The van der Waals surface area contributed by atoms with Gasteiger partial charge >= 0.3 is 0 Å². The van der Waals surface area contributed by atoms with Crippen molar-refractivity contribution in [3.05, 3.63) is 60.2 Å². The molecule has 0 fully saturated rings. The van der Waals surface area contributed by atoms with E-state index in [1.54, 1.807) is 19.1 Å². The Morgan fingerprint density at radius 2 is 1.68 bits per heavy atom. The highest BCUT2D eigenvalue weighted by molar-refractivity contribution is 5.79. The molecule has 0 aromatic heterocycles. The predicted octanol–water partition coefficient (Wildman–Crippen LogP) is 2.87. The van der Waals surface area contributed by atoms with Gasteiger partial charge in [-0.05, 0) is 17.7 Å². The third-order valence-electron chi connectivity index (χ3n) is 4.24. The summed E-state index contributed by atoms with van der Waals surface area (Å²) in [6, 6.07) is 16.8. The van der Waals surface area contributed by atoms with Crippen LogP contribution in [0.25, 0.3) is 0 Å². The Morgan fingerprint density at radius 3 is 2.32 bits per heavy atom. The predicted molar refractivity (Wildman–Crippen MR) is 98.7 cm³/mol. The molecule has 2 rings (SSSR count). The molecule has 0 bridgehead atoms. The quantitative estimate of drug-likeness (QED) is 0.801. The van der Waals surface area contributed by atoms with Crippen LogP contribution in [0.5, 0.6) is 11.5 Å². The maximum absolute atomic E-state index is 12.6. The third kappa shape index (κ3) is 4.97. The van der Waals surface area contributed by atoms with E-state index in [2.05, 4.69) is 0 Å². The summed E-state index contributed by atoms with van der Waals surface area (Å²) in [7, 11) is 3.37. The molecule has 5 nitrogen and oxygen atoms in total. The van der Waals surface area contributed by atoms with E-state index in [9.17, 15) is 4.79 Å². The molecular weight excluding hydrogens is 316 g/mol. The fourth-order valence-corrected chi connectivity index (χ4v) is 2.61. The number of hydrogen-bond donors (Lipinski definition) is 1. The molecule has 0 heterocycles. The number of benzene rings is 2. The van der Waals surface area contributed by atoms with Crippen molar-refractivity contribution in [1.29, 1.82) is 0 Å². The zero-order valence-electron chi connectivity index (χ0n) is 15.0. The van der Waals surface area contributed by atoms with Gasteiger partial charge in [-0.3, -0.25) is 4.79 Å². The number of amides is 1. The van der Waals surface area contributed by atoms with Crippen LogP contribution in [0.4, 0.5) is 0 Å². The SMILES string of the molecule is COc1ccccc1OCCN(C)C(=O)C(C)C(N)c1ccccc1. The summed E-state index contributed by atoms with van der Waals surface area (Å²) in [4.78, 5) is 14.2. The molecule has 25 heavy (non-hydrogen) atoms. The van der Waals surface area contributed by atoms with E-state index < -0.39 is 0 Å². The first-order valence-corrected chi connectivity index (χ1v) is 8.36. The lowest BCUT2D eigenvalue weighted by molar-refractivity contribution is -0.134. The summed E-state index contributed by atoms with van der Waals surface area (Å²) in [5.74, 6) is 1.04. The summed E-state index contributed by atoms with van der Waals surface area (Å²) >= 11 is 0. The monoisotopic (exact) mass is 342 g/mol. The third-order valence-corrected chi connectivity index (χ3v) is 4.24. The largest absolute Gasteiger partial charge is 0.493 e. The molecule has 2 aromatic carbocycles. The molecule has 2 atom stereocenters. The van der Waals surface area contributed by atoms with E-state index in [4.69, 9.17) is 15.2 Å². The first-order chi connectivity index (χ1) is 12.0. The van der Waals surface area contributed by atoms with Crippen molar-refractivity contribution in [2.45, 2.75) is 13.0 Å². The zero-order valence-corrected chi connectivity index (χ0v) is 15.0. The van der Waals surface area contributed by atoms with Crippen molar-refractivity contribution in [2.75, 3.05) is 27.3 Å². The second-order valence-corrected chi connectivity index (χ2v) is 5.98. The lowest BCUT2D eigenvalue weighted by Crippen LogP contribution is -2.39. The highest BCUT2D eigenvalue weighted by atomic mass is 16.5. The van der Waals surface area contributed by atoms with Gasteiger partial charge in [-0.2, -0.15) is 0 Å². The molecule has 2 aromatic rings. The average Bonchev–Trinajstić information content (AvgIpc) is 2.67. The van der Waals surface area contributed by atoms with Gasteiger partial charge in [0.25, 0.3) is 0 Å². The van der Waals surface area contributed by atoms with Gasteiger partial charge in [0.1, 0.15) is 6.61 Å². The number of hydrogen-bond acceptors (Lipinski definition) is 4. The molecule has 0 aliphatic heterocycles. The number of ether oxygens (including phenoxy) is 2. The van der Waals surface area contributed by atoms with Crippen molar-refractivity contribution >= 4 is 5.91 Å². The molecule has 0 saturated heterocycles. The average molecular weight is 342 g/mol. The van der Waals surface area contributed by atoms with Crippen LogP contribution < -0.4 is 15.2 Å². The van der Waals surface area contributed by atoms with Crippen LogP contribution >= 0.6 is 0 Å². The van der Waals surface area contributed by atoms with Crippen LogP contribution in [0.2, 0.25) is 0 Å². The lowest BCUT2D eigenvalue weighted by Gasteiger charge is -2.25. The van der Waals surface area contributed by atoms with Crippen molar-refractivity contribution in [2.24, 2.45) is 11.7 Å². The summed E-state index contributed by atoms with van der Waals surface area (Å²) < 4.78 is 11.0. The van der Waals surface area contributed by atoms with Gasteiger partial charge in [0.05, 0.1) is 19.6 Å². The van der Waals surface area contributed by atoms with Gasteiger partial charge in [0.15, 0.2) is 11.5 Å². The Morgan fingerprint density at radius 1 is 1.08 bits per heavy atom. The van der Waals surface area contributed by atoms with Gasteiger partial charge < -0.3 is 20.1 Å². The lowest BCUT2D eigenvalue weighted by atomic mass is 9.94. The van der Waals surface area contributed by atoms with Gasteiger partial charge in [-0.25, -0.2) is 0 Å². The smallest absolute Gasteiger partial charge is 0.227 e. The number of nitrogens with zero attached hydrogens (tertiary/aromatic N) is 1. The molecule has 1 amide bonds. The van der Waals surface area contributed by atoms with Gasteiger partial charge in [-0.1, -0.05) is 49.4 Å². The van der Waals surface area contributed by atoms with Gasteiger partial charge in [0, 0.05) is 13.1 Å². The first kappa shape index (κ1) is 18.8. The Kier molecular flexibility index (Phi) is 6.83. The molecule has 2 N–H and O–H groups in total. The maximum Gasteiger partial charge on any atom is 0.227 e. The second-order valence-electron chi connectivity index (χ2n) is 5.98. The summed E-state index contributed by atoms with van der Waals surface area (Å²) in [6.07, 6.45) is 0. The van der Waals surface area contributed by atoms with Crippen molar-refractivity contribution < 1.29 is 14.3 Å². The minimum atomic E-state index is -0.328. The van der Waals surface area contributed by atoms with E-state index in [0.717, 1.165) is 5.56 Å². The highest BCUT2D eigenvalue weighted by Gasteiger charge is 2.24. The fourth-order valence-electron chi connectivity index (χ4n) is 2.61. The molecule has 134 valence electrons. The van der Waals surface area contributed by atoms with E-state index in [0.29, 0.717) is 24.7 Å². The van der Waals surface area contributed by atoms with Crippen LogP contribution in [-0.2, 0) is 4.79 Å². The minimum absolute atomic E-state index is 0.0000188. The van der Waals surface area contributed by atoms with Crippen molar-refractivity contribution in [3.8, 4) is 11.5 Å². The second kappa shape index (κ2) is 9.08. The van der Waals surface area contributed by atoms with E-state index >= 15 is 0 Å². The van der Waals surface area contributed by atoms with E-state index in [1.165, 1.54) is 0 Å². The number of para-hydroxylation sites is 2. The minimum Gasteiger partial charge on any atom is -0.493 e. The zero-order chi connectivity index (χ0) is 18.2. The molecule has 2 unspecified atom stereocenters. The Bertz CT molecular complexity index is 676. The Hall–Kier alpha value is -2.53.